The summed E-state index contributed by atoms with van der Waals surface area (Å²) in [4.78, 5) is 14.3. The third-order valence-electron chi connectivity index (χ3n) is 1.34. The van der Waals surface area contributed by atoms with Crippen LogP contribution in [0.5, 0.6) is 0 Å². The van der Waals surface area contributed by atoms with Crippen molar-refractivity contribution in [1.82, 2.24) is 4.98 Å². The lowest BCUT2D eigenvalue weighted by Gasteiger charge is -1.99. The maximum absolute atomic E-state index is 10.4. The number of rotatable bonds is 3. The van der Waals surface area contributed by atoms with E-state index in [1.54, 1.807) is 19.4 Å². The minimum atomic E-state index is 0.432. The summed E-state index contributed by atoms with van der Waals surface area (Å²) in [6.45, 7) is 0.432. The maximum atomic E-state index is 10.4. The lowest BCUT2D eigenvalue weighted by atomic mass is 10.2. The molecule has 0 atom stereocenters. The quantitative estimate of drug-likeness (QED) is 0.606. The minimum Gasteiger partial charge on any atom is -0.380 e. The first-order chi connectivity index (χ1) is 5.38. The fourth-order valence-electron chi connectivity index (χ4n) is 0.834. The van der Waals surface area contributed by atoms with Crippen molar-refractivity contribution >= 4 is 6.29 Å². The van der Waals surface area contributed by atoms with E-state index in [0.717, 1.165) is 11.8 Å². The Morgan fingerprint density at radius 1 is 1.73 bits per heavy atom. The molecule has 0 bridgehead atoms. The molecule has 1 heterocycles. The van der Waals surface area contributed by atoms with Gasteiger partial charge < -0.3 is 4.74 Å². The van der Waals surface area contributed by atoms with Crippen LogP contribution < -0.4 is 0 Å². The first kappa shape index (κ1) is 7.88. The van der Waals surface area contributed by atoms with Crippen molar-refractivity contribution in [2.75, 3.05) is 7.11 Å². The van der Waals surface area contributed by atoms with Gasteiger partial charge in [0.05, 0.1) is 6.61 Å². The average Bonchev–Trinajstić information content (AvgIpc) is 2.06. The molecule has 0 saturated carbocycles. The number of hydrogen-bond acceptors (Lipinski definition) is 3. The Bertz CT molecular complexity index is 248. The first-order valence-electron chi connectivity index (χ1n) is 3.26. The SMILES string of the molecule is COCc1cccnc1C=O. The van der Waals surface area contributed by atoms with Crippen LogP contribution in [0.1, 0.15) is 16.1 Å². The van der Waals surface area contributed by atoms with E-state index in [1.807, 2.05) is 6.07 Å². The molecular formula is C8H9NO2. The molecular weight excluding hydrogens is 142 g/mol. The van der Waals surface area contributed by atoms with E-state index in [-0.39, 0.29) is 0 Å². The summed E-state index contributed by atoms with van der Waals surface area (Å²) in [7, 11) is 1.58. The van der Waals surface area contributed by atoms with Gasteiger partial charge in [-0.05, 0) is 6.07 Å². The molecule has 0 aliphatic heterocycles. The molecule has 0 N–H and O–H groups in total. The van der Waals surface area contributed by atoms with Crippen molar-refractivity contribution in [3.8, 4) is 0 Å². The molecule has 11 heavy (non-hydrogen) atoms. The summed E-state index contributed by atoms with van der Waals surface area (Å²) in [6.07, 6.45) is 2.32. The average molecular weight is 151 g/mol. The Morgan fingerprint density at radius 3 is 3.18 bits per heavy atom. The predicted molar refractivity (Wildman–Crippen MR) is 40.3 cm³/mol. The van der Waals surface area contributed by atoms with Crippen LogP contribution in [0, 0.1) is 0 Å². The van der Waals surface area contributed by atoms with Gasteiger partial charge in [0.2, 0.25) is 0 Å². The van der Waals surface area contributed by atoms with Gasteiger partial charge >= 0.3 is 0 Å². The highest BCUT2D eigenvalue weighted by atomic mass is 16.5. The van der Waals surface area contributed by atoms with Gasteiger partial charge in [0.15, 0.2) is 6.29 Å². The molecule has 1 rings (SSSR count). The van der Waals surface area contributed by atoms with E-state index in [9.17, 15) is 4.79 Å². The molecule has 3 heteroatoms. The third-order valence-corrected chi connectivity index (χ3v) is 1.34. The summed E-state index contributed by atoms with van der Waals surface area (Å²) in [5, 5.41) is 0. The van der Waals surface area contributed by atoms with E-state index < -0.39 is 0 Å². The number of nitrogens with zero attached hydrogens (tertiary/aromatic N) is 1. The Hall–Kier alpha value is -1.22. The molecule has 0 radical (unpaired) electrons. The zero-order valence-corrected chi connectivity index (χ0v) is 6.28. The van der Waals surface area contributed by atoms with Gasteiger partial charge in [-0.3, -0.25) is 9.78 Å². The van der Waals surface area contributed by atoms with Crippen molar-refractivity contribution < 1.29 is 9.53 Å². The summed E-state index contributed by atoms with van der Waals surface area (Å²) in [5.41, 5.74) is 1.28. The second-order valence-electron chi connectivity index (χ2n) is 2.10. The number of hydrogen-bond donors (Lipinski definition) is 0. The smallest absolute Gasteiger partial charge is 0.168 e. The van der Waals surface area contributed by atoms with Gasteiger partial charge in [-0.15, -0.1) is 0 Å². The summed E-state index contributed by atoms with van der Waals surface area (Å²) < 4.78 is 4.87. The fourth-order valence-corrected chi connectivity index (χ4v) is 0.834. The molecule has 3 nitrogen and oxygen atoms in total. The summed E-state index contributed by atoms with van der Waals surface area (Å²) in [5.74, 6) is 0. The number of methoxy groups -OCH3 is 1. The molecule has 0 amide bonds. The molecule has 0 aromatic carbocycles. The highest BCUT2D eigenvalue weighted by Crippen LogP contribution is 2.03. The monoisotopic (exact) mass is 151 g/mol. The second-order valence-corrected chi connectivity index (χ2v) is 2.10. The third kappa shape index (κ3) is 1.85. The largest absolute Gasteiger partial charge is 0.380 e. The Kier molecular flexibility index (Phi) is 2.74. The van der Waals surface area contributed by atoms with Crippen LogP contribution in [0.2, 0.25) is 0 Å². The van der Waals surface area contributed by atoms with E-state index in [1.165, 1.54) is 0 Å². The van der Waals surface area contributed by atoms with Crippen molar-refractivity contribution in [3.63, 3.8) is 0 Å². The minimum absolute atomic E-state index is 0.432. The zero-order chi connectivity index (χ0) is 8.10. The first-order valence-corrected chi connectivity index (χ1v) is 3.26. The predicted octanol–water partition coefficient (Wildman–Crippen LogP) is 1.04. The van der Waals surface area contributed by atoms with Crippen molar-refractivity contribution in [3.05, 3.63) is 29.6 Å². The number of aromatic nitrogens is 1. The van der Waals surface area contributed by atoms with Gasteiger partial charge in [0.25, 0.3) is 0 Å². The normalized spacial score (nSPS) is 9.55. The molecule has 0 aliphatic rings. The molecule has 0 fully saturated rings. The molecule has 0 spiro atoms. The molecule has 1 aromatic rings. The number of ether oxygens (including phenoxy) is 1. The molecule has 58 valence electrons. The zero-order valence-electron chi connectivity index (χ0n) is 6.28. The van der Waals surface area contributed by atoms with Crippen molar-refractivity contribution in [2.24, 2.45) is 0 Å². The topological polar surface area (TPSA) is 39.2 Å². The Labute approximate surface area is 65.0 Å². The standard InChI is InChI=1S/C8H9NO2/c1-11-6-7-3-2-4-9-8(7)5-10/h2-5H,6H2,1H3. The summed E-state index contributed by atoms with van der Waals surface area (Å²) in [6, 6.07) is 3.60. The van der Waals surface area contributed by atoms with Gasteiger partial charge in [-0.2, -0.15) is 0 Å². The number of carbonyl (C=O) groups is 1. The lowest BCUT2D eigenvalue weighted by molar-refractivity contribution is 0.111. The van der Waals surface area contributed by atoms with Gasteiger partial charge in [-0.25, -0.2) is 0 Å². The van der Waals surface area contributed by atoms with Gasteiger partial charge in [0, 0.05) is 18.9 Å². The van der Waals surface area contributed by atoms with Crippen molar-refractivity contribution in [1.29, 1.82) is 0 Å². The van der Waals surface area contributed by atoms with Gasteiger partial charge in [-0.1, -0.05) is 6.07 Å². The Morgan fingerprint density at radius 2 is 2.55 bits per heavy atom. The summed E-state index contributed by atoms with van der Waals surface area (Å²) >= 11 is 0. The number of carbonyl (C=O) groups excluding carboxylic acids is 1. The van der Waals surface area contributed by atoms with Crippen molar-refractivity contribution in [2.45, 2.75) is 6.61 Å². The van der Waals surface area contributed by atoms with Crippen LogP contribution >= 0.6 is 0 Å². The van der Waals surface area contributed by atoms with E-state index >= 15 is 0 Å². The van der Waals surface area contributed by atoms with Crippen LogP contribution in [0.15, 0.2) is 18.3 Å². The van der Waals surface area contributed by atoms with E-state index in [4.69, 9.17) is 4.74 Å². The van der Waals surface area contributed by atoms with E-state index in [0.29, 0.717) is 12.3 Å². The van der Waals surface area contributed by atoms with Crippen LogP contribution in [0.4, 0.5) is 0 Å². The van der Waals surface area contributed by atoms with Gasteiger partial charge in [0.1, 0.15) is 5.69 Å². The number of aldehydes is 1. The van der Waals surface area contributed by atoms with Crippen LogP contribution in [0.3, 0.4) is 0 Å². The van der Waals surface area contributed by atoms with E-state index in [2.05, 4.69) is 4.98 Å². The van der Waals surface area contributed by atoms with Crippen LogP contribution in [-0.4, -0.2) is 18.4 Å². The fraction of sp³-hybridized carbons (Fsp3) is 0.250. The maximum Gasteiger partial charge on any atom is 0.168 e. The molecule has 0 saturated heterocycles. The second kappa shape index (κ2) is 3.83. The number of pyridine rings is 1. The molecule has 1 aromatic heterocycles. The highest BCUT2D eigenvalue weighted by Gasteiger charge is 1.99. The van der Waals surface area contributed by atoms with Crippen LogP contribution in [0.25, 0.3) is 0 Å². The van der Waals surface area contributed by atoms with Crippen LogP contribution in [-0.2, 0) is 11.3 Å². The lowest BCUT2D eigenvalue weighted by Crippen LogP contribution is -1.96. The molecule has 0 aliphatic carbocycles. The highest BCUT2D eigenvalue weighted by molar-refractivity contribution is 5.73. The Balaban J connectivity index is 2.92. The molecule has 0 unspecified atom stereocenters.